The van der Waals surface area contributed by atoms with Crippen molar-refractivity contribution in [2.75, 3.05) is 13.6 Å². The molecule has 4 rings (SSSR count). The van der Waals surface area contributed by atoms with E-state index < -0.39 is 6.04 Å². The van der Waals surface area contributed by atoms with Crippen LogP contribution in [0.4, 0.5) is 0 Å². The van der Waals surface area contributed by atoms with E-state index in [0.717, 1.165) is 10.9 Å². The summed E-state index contributed by atoms with van der Waals surface area (Å²) in [5.74, 6) is 0.426. The molecule has 1 unspecified atom stereocenters. The largest absolute Gasteiger partial charge is 0.351 e. The maximum absolute atomic E-state index is 12.4. The van der Waals surface area contributed by atoms with Gasteiger partial charge in [0.05, 0.1) is 0 Å². The van der Waals surface area contributed by atoms with Crippen LogP contribution in [0.5, 0.6) is 0 Å². The van der Waals surface area contributed by atoms with Crippen LogP contribution < -0.4 is 5.32 Å². The molecule has 2 fully saturated rings. The molecule has 1 atom stereocenters. The predicted octanol–water partition coefficient (Wildman–Crippen LogP) is 2.01. The van der Waals surface area contributed by atoms with Crippen LogP contribution in [0.25, 0.3) is 10.9 Å². The smallest absolute Gasteiger partial charge is 0.268 e. The van der Waals surface area contributed by atoms with E-state index in [-0.39, 0.29) is 11.8 Å². The third-order valence-corrected chi connectivity index (χ3v) is 4.69. The normalized spacial score (nSPS) is 21.6. The SMILES string of the molecule is CN1CCC(NC(=O)c2cc3c(C4CC4)cccc3[nH]2)C1=O. The highest BCUT2D eigenvalue weighted by Gasteiger charge is 2.31. The lowest BCUT2D eigenvalue weighted by atomic mass is 10.1. The Kier molecular flexibility index (Phi) is 2.96. The van der Waals surface area contributed by atoms with Crippen LogP contribution in [0.3, 0.4) is 0 Å². The van der Waals surface area contributed by atoms with Crippen molar-refractivity contribution in [1.82, 2.24) is 15.2 Å². The molecule has 0 radical (unpaired) electrons. The minimum atomic E-state index is -0.396. The number of nitrogens with zero attached hydrogens (tertiary/aromatic N) is 1. The lowest BCUT2D eigenvalue weighted by Gasteiger charge is -2.11. The van der Waals surface area contributed by atoms with Crippen molar-refractivity contribution < 1.29 is 9.59 Å². The second-order valence-corrected chi connectivity index (χ2v) is 6.34. The first-order valence-corrected chi connectivity index (χ1v) is 7.81. The van der Waals surface area contributed by atoms with Crippen molar-refractivity contribution in [2.24, 2.45) is 0 Å². The minimum Gasteiger partial charge on any atom is -0.351 e. The Morgan fingerprint density at radius 2 is 2.14 bits per heavy atom. The zero-order valence-corrected chi connectivity index (χ0v) is 12.6. The number of amides is 2. The maximum Gasteiger partial charge on any atom is 0.268 e. The van der Waals surface area contributed by atoms with E-state index >= 15 is 0 Å². The number of aromatic amines is 1. The quantitative estimate of drug-likeness (QED) is 0.910. The fourth-order valence-corrected chi connectivity index (χ4v) is 3.24. The van der Waals surface area contributed by atoms with Crippen molar-refractivity contribution in [3.05, 3.63) is 35.5 Å². The van der Waals surface area contributed by atoms with Crippen LogP contribution in [-0.2, 0) is 4.79 Å². The Morgan fingerprint density at radius 3 is 2.82 bits per heavy atom. The molecule has 1 saturated carbocycles. The number of fused-ring (bicyclic) bond motifs is 1. The van der Waals surface area contributed by atoms with Crippen LogP contribution in [0.2, 0.25) is 0 Å². The number of hydrogen-bond donors (Lipinski definition) is 2. The summed E-state index contributed by atoms with van der Waals surface area (Å²) in [6, 6.07) is 7.69. The Hall–Kier alpha value is -2.30. The molecular formula is C17H19N3O2. The van der Waals surface area contributed by atoms with Crippen LogP contribution in [0.15, 0.2) is 24.3 Å². The van der Waals surface area contributed by atoms with Gasteiger partial charge in [-0.1, -0.05) is 12.1 Å². The van der Waals surface area contributed by atoms with E-state index in [1.165, 1.54) is 18.4 Å². The Bertz CT molecular complexity index is 760. The average Bonchev–Trinajstić information content (AvgIpc) is 3.19. The number of H-pyrrole nitrogens is 1. The first kappa shape index (κ1) is 13.4. The highest BCUT2D eigenvalue weighted by molar-refractivity contribution is 6.01. The fraction of sp³-hybridized carbons (Fsp3) is 0.412. The molecule has 2 N–H and O–H groups in total. The Balaban J connectivity index is 1.59. The van der Waals surface area contributed by atoms with E-state index in [1.807, 2.05) is 18.2 Å². The number of benzene rings is 1. The van der Waals surface area contributed by atoms with Gasteiger partial charge in [0.25, 0.3) is 5.91 Å². The Labute approximate surface area is 128 Å². The van der Waals surface area contributed by atoms with Gasteiger partial charge in [-0.05, 0) is 42.9 Å². The van der Waals surface area contributed by atoms with E-state index in [2.05, 4.69) is 16.4 Å². The van der Waals surface area contributed by atoms with E-state index in [0.29, 0.717) is 24.6 Å². The van der Waals surface area contributed by atoms with Crippen molar-refractivity contribution in [2.45, 2.75) is 31.2 Å². The molecule has 0 spiro atoms. The first-order valence-electron chi connectivity index (χ1n) is 7.81. The molecule has 114 valence electrons. The second-order valence-electron chi connectivity index (χ2n) is 6.34. The van der Waals surface area contributed by atoms with Crippen LogP contribution in [0, 0.1) is 0 Å². The number of nitrogens with one attached hydrogen (secondary N) is 2. The summed E-state index contributed by atoms with van der Waals surface area (Å²) in [5, 5.41) is 3.97. The molecule has 1 aliphatic heterocycles. The Morgan fingerprint density at radius 1 is 1.32 bits per heavy atom. The second kappa shape index (κ2) is 4.87. The van der Waals surface area contributed by atoms with Crippen molar-refractivity contribution in [3.63, 3.8) is 0 Å². The van der Waals surface area contributed by atoms with Gasteiger partial charge in [0.15, 0.2) is 0 Å². The number of likely N-dealkylation sites (tertiary alicyclic amines) is 1. The number of rotatable bonds is 3. The van der Waals surface area contributed by atoms with Crippen LogP contribution in [-0.4, -0.2) is 41.3 Å². The highest BCUT2D eigenvalue weighted by Crippen LogP contribution is 2.43. The molecule has 1 aromatic heterocycles. The third-order valence-electron chi connectivity index (χ3n) is 4.69. The summed E-state index contributed by atoms with van der Waals surface area (Å²) in [6.45, 7) is 0.697. The van der Waals surface area contributed by atoms with Gasteiger partial charge in [0.2, 0.25) is 5.91 Å². The summed E-state index contributed by atoms with van der Waals surface area (Å²) in [4.78, 5) is 29.1. The molecule has 1 saturated heterocycles. The van der Waals surface area contributed by atoms with E-state index in [9.17, 15) is 9.59 Å². The molecule has 2 aromatic rings. The average molecular weight is 297 g/mol. The molecule has 1 aliphatic carbocycles. The summed E-state index contributed by atoms with van der Waals surface area (Å²) in [6.07, 6.45) is 3.14. The summed E-state index contributed by atoms with van der Waals surface area (Å²) >= 11 is 0. The molecular weight excluding hydrogens is 278 g/mol. The molecule has 22 heavy (non-hydrogen) atoms. The number of likely N-dealkylation sites (N-methyl/N-ethyl adjacent to an activating group) is 1. The fourth-order valence-electron chi connectivity index (χ4n) is 3.24. The van der Waals surface area contributed by atoms with Crippen molar-refractivity contribution >= 4 is 22.7 Å². The highest BCUT2D eigenvalue weighted by atomic mass is 16.2. The van der Waals surface area contributed by atoms with Gasteiger partial charge >= 0.3 is 0 Å². The van der Waals surface area contributed by atoms with Gasteiger partial charge in [-0.2, -0.15) is 0 Å². The third kappa shape index (κ3) is 2.17. The lowest BCUT2D eigenvalue weighted by Crippen LogP contribution is -2.40. The molecule has 0 bridgehead atoms. The van der Waals surface area contributed by atoms with Gasteiger partial charge < -0.3 is 15.2 Å². The van der Waals surface area contributed by atoms with E-state index in [1.54, 1.807) is 11.9 Å². The summed E-state index contributed by atoms with van der Waals surface area (Å²) in [7, 11) is 1.76. The van der Waals surface area contributed by atoms with Crippen molar-refractivity contribution in [3.8, 4) is 0 Å². The molecule has 2 amide bonds. The first-order chi connectivity index (χ1) is 10.6. The van der Waals surface area contributed by atoms with Crippen LogP contribution in [0.1, 0.15) is 41.2 Å². The minimum absolute atomic E-state index is 0.0110. The van der Waals surface area contributed by atoms with Gasteiger partial charge in [0, 0.05) is 24.5 Å². The maximum atomic E-state index is 12.4. The number of carbonyl (C=O) groups is 2. The number of aromatic nitrogens is 1. The predicted molar refractivity (Wildman–Crippen MR) is 83.8 cm³/mol. The lowest BCUT2D eigenvalue weighted by molar-refractivity contribution is -0.128. The van der Waals surface area contributed by atoms with E-state index in [4.69, 9.17) is 0 Å². The number of carbonyl (C=O) groups excluding carboxylic acids is 2. The molecule has 2 aliphatic rings. The van der Waals surface area contributed by atoms with Gasteiger partial charge in [-0.15, -0.1) is 0 Å². The van der Waals surface area contributed by atoms with Gasteiger partial charge in [-0.3, -0.25) is 9.59 Å². The zero-order valence-electron chi connectivity index (χ0n) is 12.6. The number of hydrogen-bond acceptors (Lipinski definition) is 2. The zero-order chi connectivity index (χ0) is 15.3. The van der Waals surface area contributed by atoms with Crippen molar-refractivity contribution in [1.29, 1.82) is 0 Å². The molecule has 5 nitrogen and oxygen atoms in total. The van der Waals surface area contributed by atoms with Crippen LogP contribution >= 0.6 is 0 Å². The topological polar surface area (TPSA) is 65.2 Å². The van der Waals surface area contributed by atoms with Gasteiger partial charge in [-0.25, -0.2) is 0 Å². The summed E-state index contributed by atoms with van der Waals surface area (Å²) < 4.78 is 0. The van der Waals surface area contributed by atoms with Gasteiger partial charge in [0.1, 0.15) is 11.7 Å². The molecule has 1 aromatic carbocycles. The summed E-state index contributed by atoms with van der Waals surface area (Å²) in [5.41, 5.74) is 2.85. The monoisotopic (exact) mass is 297 g/mol. The molecule has 5 heteroatoms. The molecule has 2 heterocycles. The standard InChI is InChI=1S/C17H19N3O2/c1-20-8-7-14(17(20)22)19-16(21)15-9-12-11(10-5-6-10)3-2-4-13(12)18-15/h2-4,9-10,14,18H,5-8H2,1H3,(H,19,21).